The van der Waals surface area contributed by atoms with Crippen LogP contribution in [0.5, 0.6) is 5.75 Å². The quantitative estimate of drug-likeness (QED) is 0.409. The molecule has 4 rings (SSSR count). The molecule has 0 fully saturated rings. The molecule has 4 aromatic rings. The van der Waals surface area contributed by atoms with E-state index in [0.29, 0.717) is 6.61 Å². The molecule has 0 aliphatic carbocycles. The van der Waals surface area contributed by atoms with Gasteiger partial charge in [0.25, 0.3) is 0 Å². The molecule has 0 amide bonds. The summed E-state index contributed by atoms with van der Waals surface area (Å²) in [5.74, 6) is 0.841. The topological polar surface area (TPSA) is 26.3 Å². The fraction of sp³-hybridized carbons (Fsp3) is 0.0800. The number of hydrogen-bond donors (Lipinski definition) is 0. The zero-order valence-corrected chi connectivity index (χ0v) is 15.0. The van der Waals surface area contributed by atoms with Gasteiger partial charge in [0, 0.05) is 5.56 Å². The van der Waals surface area contributed by atoms with Gasteiger partial charge in [-0.3, -0.25) is 4.79 Å². The summed E-state index contributed by atoms with van der Waals surface area (Å²) >= 11 is 0. The molecular weight excluding hydrogens is 332 g/mol. The van der Waals surface area contributed by atoms with E-state index < -0.39 is 0 Å². The second-order valence-corrected chi connectivity index (χ2v) is 6.61. The van der Waals surface area contributed by atoms with Crippen LogP contribution in [-0.4, -0.2) is 6.29 Å². The van der Waals surface area contributed by atoms with Crippen molar-refractivity contribution in [2.45, 2.75) is 13.0 Å². The van der Waals surface area contributed by atoms with Gasteiger partial charge in [-0.05, 0) is 46.0 Å². The zero-order chi connectivity index (χ0) is 18.5. The van der Waals surface area contributed by atoms with Crippen LogP contribution in [0.4, 0.5) is 0 Å². The molecule has 0 N–H and O–H groups in total. The molecule has 0 aliphatic rings. The van der Waals surface area contributed by atoms with Crippen LogP contribution in [0.25, 0.3) is 10.8 Å². The minimum Gasteiger partial charge on any atom is -0.489 e. The second-order valence-electron chi connectivity index (χ2n) is 6.61. The Bertz CT molecular complexity index is 1070. The maximum absolute atomic E-state index is 11.5. The summed E-state index contributed by atoms with van der Waals surface area (Å²) in [5.41, 5.74) is 4.00. The van der Waals surface area contributed by atoms with Gasteiger partial charge in [-0.1, -0.05) is 78.9 Å². The number of aldehydes is 1. The van der Waals surface area contributed by atoms with Gasteiger partial charge in [0.2, 0.25) is 0 Å². The van der Waals surface area contributed by atoms with E-state index >= 15 is 0 Å². The lowest BCUT2D eigenvalue weighted by Crippen LogP contribution is -2.00. The number of carbonyl (C=O) groups excluding carboxylic acids is 1. The number of carbonyl (C=O) groups is 1. The fourth-order valence-electron chi connectivity index (χ4n) is 3.27. The van der Waals surface area contributed by atoms with Crippen molar-refractivity contribution in [3.63, 3.8) is 0 Å². The van der Waals surface area contributed by atoms with Gasteiger partial charge in [-0.15, -0.1) is 0 Å². The molecule has 0 spiro atoms. The highest BCUT2D eigenvalue weighted by molar-refractivity contribution is 5.83. The van der Waals surface area contributed by atoms with Gasteiger partial charge in [-0.2, -0.15) is 0 Å². The van der Waals surface area contributed by atoms with Crippen LogP contribution in [0.3, 0.4) is 0 Å². The normalized spacial score (nSPS) is 10.7. The third-order valence-electron chi connectivity index (χ3n) is 4.69. The Hall–Kier alpha value is -3.39. The van der Waals surface area contributed by atoms with Crippen molar-refractivity contribution in [3.05, 3.63) is 113 Å². The van der Waals surface area contributed by atoms with Gasteiger partial charge in [0.15, 0.2) is 0 Å². The van der Waals surface area contributed by atoms with E-state index in [0.717, 1.165) is 35.1 Å². The van der Waals surface area contributed by atoms with Crippen LogP contribution >= 0.6 is 0 Å². The van der Waals surface area contributed by atoms with Gasteiger partial charge in [0.1, 0.15) is 18.6 Å². The predicted octanol–water partition coefficient (Wildman–Crippen LogP) is 5.82. The van der Waals surface area contributed by atoms with Crippen molar-refractivity contribution < 1.29 is 9.53 Å². The largest absolute Gasteiger partial charge is 0.489 e. The Kier molecular flexibility index (Phi) is 4.97. The first-order valence-corrected chi connectivity index (χ1v) is 9.04. The predicted molar refractivity (Wildman–Crippen MR) is 109 cm³/mol. The molecule has 2 heteroatoms. The smallest absolute Gasteiger partial charge is 0.150 e. The van der Waals surface area contributed by atoms with E-state index in [1.807, 2.05) is 54.6 Å². The maximum Gasteiger partial charge on any atom is 0.150 e. The van der Waals surface area contributed by atoms with Gasteiger partial charge >= 0.3 is 0 Å². The number of para-hydroxylation sites is 1. The molecule has 4 aromatic carbocycles. The number of rotatable bonds is 6. The molecule has 0 saturated heterocycles. The van der Waals surface area contributed by atoms with Crippen molar-refractivity contribution in [1.82, 2.24) is 0 Å². The van der Waals surface area contributed by atoms with Gasteiger partial charge < -0.3 is 4.74 Å². The molecule has 0 aromatic heterocycles. The van der Waals surface area contributed by atoms with Crippen molar-refractivity contribution in [2.75, 3.05) is 0 Å². The third-order valence-corrected chi connectivity index (χ3v) is 4.69. The molecule has 27 heavy (non-hydrogen) atoms. The summed E-state index contributed by atoms with van der Waals surface area (Å²) < 4.78 is 5.84. The molecule has 0 radical (unpaired) electrons. The van der Waals surface area contributed by atoms with Crippen molar-refractivity contribution in [1.29, 1.82) is 0 Å². The summed E-state index contributed by atoms with van der Waals surface area (Å²) in [6, 6.07) is 30.4. The first kappa shape index (κ1) is 17.0. The van der Waals surface area contributed by atoms with E-state index in [1.165, 1.54) is 16.3 Å². The van der Waals surface area contributed by atoms with Crippen LogP contribution in [0, 0.1) is 0 Å². The minimum absolute atomic E-state index is 0.480. The van der Waals surface area contributed by atoms with Crippen LogP contribution in [0.2, 0.25) is 0 Å². The Labute approximate surface area is 159 Å². The maximum atomic E-state index is 11.5. The van der Waals surface area contributed by atoms with E-state index in [-0.39, 0.29) is 0 Å². The van der Waals surface area contributed by atoms with E-state index in [1.54, 1.807) is 0 Å². The fourth-order valence-corrected chi connectivity index (χ4v) is 3.27. The lowest BCUT2D eigenvalue weighted by atomic mass is 9.96. The highest BCUT2D eigenvalue weighted by Gasteiger charge is 2.07. The standard InChI is InChI=1S/C25H20O2/c26-17-23-13-11-20(18-27-25-8-2-1-3-9-25)16-24(23)15-19-10-12-21-6-4-5-7-22(21)14-19/h1-14,16-17H,15,18H2. The van der Waals surface area contributed by atoms with E-state index in [9.17, 15) is 4.79 Å². The van der Waals surface area contributed by atoms with Crippen LogP contribution in [0.15, 0.2) is 91.0 Å². The zero-order valence-electron chi connectivity index (χ0n) is 15.0. The molecule has 0 aliphatic heterocycles. The van der Waals surface area contributed by atoms with Crippen molar-refractivity contribution in [3.8, 4) is 5.75 Å². The molecule has 0 heterocycles. The van der Waals surface area contributed by atoms with Crippen molar-refractivity contribution >= 4 is 17.1 Å². The molecule has 0 unspecified atom stereocenters. The summed E-state index contributed by atoms with van der Waals surface area (Å²) in [7, 11) is 0. The van der Waals surface area contributed by atoms with Crippen LogP contribution in [0.1, 0.15) is 27.0 Å². The Morgan fingerprint density at radius 2 is 1.44 bits per heavy atom. The summed E-state index contributed by atoms with van der Waals surface area (Å²) in [6.45, 7) is 0.480. The van der Waals surface area contributed by atoms with Crippen LogP contribution in [-0.2, 0) is 13.0 Å². The molecule has 0 saturated carbocycles. The third kappa shape index (κ3) is 4.06. The minimum atomic E-state index is 0.480. The molecule has 0 bridgehead atoms. The van der Waals surface area contributed by atoms with Gasteiger partial charge in [-0.25, -0.2) is 0 Å². The first-order chi connectivity index (χ1) is 13.3. The first-order valence-electron chi connectivity index (χ1n) is 9.04. The van der Waals surface area contributed by atoms with E-state index in [4.69, 9.17) is 4.74 Å². The number of ether oxygens (including phenoxy) is 1. The Balaban J connectivity index is 1.57. The molecule has 0 atom stereocenters. The number of fused-ring (bicyclic) bond motifs is 1. The summed E-state index contributed by atoms with van der Waals surface area (Å²) in [4.78, 5) is 11.5. The van der Waals surface area contributed by atoms with E-state index in [2.05, 4.69) is 36.4 Å². The Morgan fingerprint density at radius 1 is 0.704 bits per heavy atom. The second kappa shape index (κ2) is 7.88. The SMILES string of the molecule is O=Cc1ccc(COc2ccccc2)cc1Cc1ccc2ccccc2c1. The monoisotopic (exact) mass is 352 g/mol. The highest BCUT2D eigenvalue weighted by Crippen LogP contribution is 2.21. The number of hydrogen-bond acceptors (Lipinski definition) is 2. The molecular formula is C25H20O2. The summed E-state index contributed by atoms with van der Waals surface area (Å²) in [5, 5.41) is 2.44. The molecule has 132 valence electrons. The summed E-state index contributed by atoms with van der Waals surface area (Å²) in [6.07, 6.45) is 1.65. The Morgan fingerprint density at radius 3 is 2.26 bits per heavy atom. The van der Waals surface area contributed by atoms with Gasteiger partial charge in [0.05, 0.1) is 0 Å². The molecule has 2 nitrogen and oxygen atoms in total. The average molecular weight is 352 g/mol. The van der Waals surface area contributed by atoms with Crippen molar-refractivity contribution in [2.24, 2.45) is 0 Å². The van der Waals surface area contributed by atoms with Crippen LogP contribution < -0.4 is 4.74 Å². The highest BCUT2D eigenvalue weighted by atomic mass is 16.5. The average Bonchev–Trinajstić information content (AvgIpc) is 2.73. The lowest BCUT2D eigenvalue weighted by Gasteiger charge is -2.11. The lowest BCUT2D eigenvalue weighted by molar-refractivity contribution is 0.112. The number of benzene rings is 4.